The fourth-order valence-electron chi connectivity index (χ4n) is 2.36. The minimum absolute atomic E-state index is 0.0527. The van der Waals surface area contributed by atoms with E-state index in [1.165, 1.54) is 5.56 Å². The first-order valence-electron chi connectivity index (χ1n) is 6.92. The third-order valence-corrected chi connectivity index (χ3v) is 3.42. The molecular formula is C18H17NO2. The van der Waals surface area contributed by atoms with Gasteiger partial charge in [-0.15, -0.1) is 0 Å². The van der Waals surface area contributed by atoms with Crippen molar-refractivity contribution in [2.45, 2.75) is 12.6 Å². The Bertz CT molecular complexity index is 660. The maximum absolute atomic E-state index is 9.45. The highest BCUT2D eigenvalue weighted by atomic mass is 16.3. The van der Waals surface area contributed by atoms with Crippen LogP contribution in [-0.4, -0.2) is 5.11 Å². The fourth-order valence-corrected chi connectivity index (χ4v) is 2.36. The predicted octanol–water partition coefficient (Wildman–Crippen LogP) is 3.86. The van der Waals surface area contributed by atoms with Crippen molar-refractivity contribution >= 4 is 0 Å². The van der Waals surface area contributed by atoms with Crippen LogP contribution in [0, 0.1) is 0 Å². The van der Waals surface area contributed by atoms with Gasteiger partial charge in [0.2, 0.25) is 0 Å². The summed E-state index contributed by atoms with van der Waals surface area (Å²) in [4.78, 5) is 0. The lowest BCUT2D eigenvalue weighted by Crippen LogP contribution is -2.21. The lowest BCUT2D eigenvalue weighted by Gasteiger charge is -2.19. The number of hydrogen-bond acceptors (Lipinski definition) is 3. The molecule has 0 aliphatic rings. The van der Waals surface area contributed by atoms with Gasteiger partial charge < -0.3 is 9.52 Å². The Hall–Kier alpha value is -2.52. The Labute approximate surface area is 123 Å². The van der Waals surface area contributed by atoms with Gasteiger partial charge in [0, 0.05) is 0 Å². The molecule has 1 atom stereocenters. The van der Waals surface area contributed by atoms with Gasteiger partial charge in [-0.05, 0) is 35.4 Å². The van der Waals surface area contributed by atoms with E-state index in [0.29, 0.717) is 6.54 Å². The molecule has 106 valence electrons. The summed E-state index contributed by atoms with van der Waals surface area (Å²) in [5, 5.41) is 13.0. The number of aromatic hydroxyl groups is 1. The predicted molar refractivity (Wildman–Crippen MR) is 81.9 cm³/mol. The summed E-state index contributed by atoms with van der Waals surface area (Å²) in [5.41, 5.74) is 2.28. The van der Waals surface area contributed by atoms with E-state index in [9.17, 15) is 5.11 Å². The Balaban J connectivity index is 1.85. The molecule has 3 aromatic rings. The number of rotatable bonds is 5. The number of phenols is 1. The zero-order valence-corrected chi connectivity index (χ0v) is 11.6. The van der Waals surface area contributed by atoms with Crippen LogP contribution in [0.4, 0.5) is 0 Å². The molecule has 1 aromatic heterocycles. The Morgan fingerprint density at radius 3 is 2.24 bits per heavy atom. The van der Waals surface area contributed by atoms with Gasteiger partial charge in [-0.2, -0.15) is 0 Å². The van der Waals surface area contributed by atoms with Crippen molar-refractivity contribution in [3.8, 4) is 5.75 Å². The highest BCUT2D eigenvalue weighted by Crippen LogP contribution is 2.24. The van der Waals surface area contributed by atoms with Crippen LogP contribution in [-0.2, 0) is 6.54 Å². The highest BCUT2D eigenvalue weighted by Gasteiger charge is 2.13. The van der Waals surface area contributed by atoms with Gasteiger partial charge in [0.05, 0.1) is 18.8 Å². The molecule has 0 radical (unpaired) electrons. The average Bonchev–Trinajstić information content (AvgIpc) is 3.04. The van der Waals surface area contributed by atoms with Crippen molar-refractivity contribution in [3.63, 3.8) is 0 Å². The van der Waals surface area contributed by atoms with Gasteiger partial charge in [-0.25, -0.2) is 0 Å². The third-order valence-electron chi connectivity index (χ3n) is 3.42. The zero-order chi connectivity index (χ0) is 14.5. The summed E-state index contributed by atoms with van der Waals surface area (Å²) in [7, 11) is 0. The fraction of sp³-hybridized carbons (Fsp3) is 0.111. The van der Waals surface area contributed by atoms with E-state index in [4.69, 9.17) is 4.42 Å². The number of furan rings is 1. The summed E-state index contributed by atoms with van der Waals surface area (Å²) in [6.45, 7) is 0.646. The van der Waals surface area contributed by atoms with Crippen LogP contribution < -0.4 is 5.32 Å². The first-order chi connectivity index (χ1) is 10.3. The smallest absolute Gasteiger partial charge is 0.117 e. The molecule has 3 nitrogen and oxygen atoms in total. The molecule has 2 N–H and O–H groups in total. The van der Waals surface area contributed by atoms with E-state index in [0.717, 1.165) is 11.3 Å². The quantitative estimate of drug-likeness (QED) is 0.745. The van der Waals surface area contributed by atoms with Crippen LogP contribution in [0.1, 0.15) is 22.9 Å². The van der Waals surface area contributed by atoms with E-state index in [2.05, 4.69) is 17.4 Å². The van der Waals surface area contributed by atoms with Gasteiger partial charge >= 0.3 is 0 Å². The van der Waals surface area contributed by atoms with Crippen LogP contribution in [0.2, 0.25) is 0 Å². The Morgan fingerprint density at radius 2 is 1.57 bits per heavy atom. The molecule has 2 aromatic carbocycles. The summed E-state index contributed by atoms with van der Waals surface area (Å²) >= 11 is 0. The van der Waals surface area contributed by atoms with Gasteiger partial charge in [-0.1, -0.05) is 42.5 Å². The third kappa shape index (κ3) is 3.33. The van der Waals surface area contributed by atoms with E-state index >= 15 is 0 Å². The lowest BCUT2D eigenvalue weighted by atomic mass is 9.98. The second-order valence-electron chi connectivity index (χ2n) is 4.90. The normalized spacial score (nSPS) is 12.2. The van der Waals surface area contributed by atoms with Crippen LogP contribution in [0.5, 0.6) is 5.75 Å². The van der Waals surface area contributed by atoms with E-state index in [-0.39, 0.29) is 11.8 Å². The topological polar surface area (TPSA) is 45.4 Å². The first-order valence-corrected chi connectivity index (χ1v) is 6.92. The second-order valence-corrected chi connectivity index (χ2v) is 4.90. The van der Waals surface area contributed by atoms with Crippen molar-refractivity contribution in [1.29, 1.82) is 0 Å². The largest absolute Gasteiger partial charge is 0.508 e. The molecule has 0 spiro atoms. The molecule has 3 rings (SSSR count). The SMILES string of the molecule is Oc1ccc([C@H](NCc2ccco2)c2ccccc2)cc1. The Morgan fingerprint density at radius 1 is 0.857 bits per heavy atom. The van der Waals surface area contributed by atoms with E-state index in [1.54, 1.807) is 18.4 Å². The molecular weight excluding hydrogens is 262 g/mol. The molecule has 0 unspecified atom stereocenters. The number of benzene rings is 2. The lowest BCUT2D eigenvalue weighted by molar-refractivity contribution is 0.465. The highest BCUT2D eigenvalue weighted by molar-refractivity contribution is 5.35. The van der Waals surface area contributed by atoms with Gasteiger partial charge in [0.25, 0.3) is 0 Å². The standard InChI is InChI=1S/C18H17NO2/c20-16-10-8-15(9-11-16)18(14-5-2-1-3-6-14)19-13-17-7-4-12-21-17/h1-12,18-20H,13H2/t18-/m1/s1. The molecule has 1 heterocycles. The van der Waals surface area contributed by atoms with Crippen LogP contribution >= 0.6 is 0 Å². The van der Waals surface area contributed by atoms with Crippen LogP contribution in [0.15, 0.2) is 77.4 Å². The van der Waals surface area contributed by atoms with Crippen LogP contribution in [0.3, 0.4) is 0 Å². The molecule has 0 aliphatic carbocycles. The van der Waals surface area contributed by atoms with Crippen molar-refractivity contribution in [2.75, 3.05) is 0 Å². The summed E-state index contributed by atoms with van der Waals surface area (Å²) in [6.07, 6.45) is 1.68. The molecule has 3 heteroatoms. The van der Waals surface area contributed by atoms with Gasteiger partial charge in [0.1, 0.15) is 11.5 Å². The average molecular weight is 279 g/mol. The molecule has 0 fully saturated rings. The minimum Gasteiger partial charge on any atom is -0.508 e. The number of phenolic OH excluding ortho intramolecular Hbond substituents is 1. The molecule has 0 saturated heterocycles. The zero-order valence-electron chi connectivity index (χ0n) is 11.6. The first kappa shape index (κ1) is 13.5. The summed E-state index contributed by atoms with van der Waals surface area (Å²) in [5.74, 6) is 1.17. The summed E-state index contributed by atoms with van der Waals surface area (Å²) in [6, 6.07) is 21.4. The van der Waals surface area contributed by atoms with Crippen LogP contribution in [0.25, 0.3) is 0 Å². The Kier molecular flexibility index (Phi) is 4.03. The van der Waals surface area contributed by atoms with E-state index in [1.807, 2.05) is 42.5 Å². The van der Waals surface area contributed by atoms with Crippen molar-refractivity contribution < 1.29 is 9.52 Å². The number of hydrogen-bond donors (Lipinski definition) is 2. The maximum Gasteiger partial charge on any atom is 0.117 e. The van der Waals surface area contributed by atoms with Gasteiger partial charge in [0.15, 0.2) is 0 Å². The molecule has 21 heavy (non-hydrogen) atoms. The molecule has 0 saturated carbocycles. The minimum atomic E-state index is 0.0527. The molecule has 0 bridgehead atoms. The van der Waals surface area contributed by atoms with Crippen molar-refractivity contribution in [2.24, 2.45) is 0 Å². The summed E-state index contributed by atoms with van der Waals surface area (Å²) < 4.78 is 5.37. The molecule has 0 aliphatic heterocycles. The van der Waals surface area contributed by atoms with Crippen molar-refractivity contribution in [3.05, 3.63) is 89.9 Å². The second kappa shape index (κ2) is 6.29. The number of nitrogens with one attached hydrogen (secondary N) is 1. The monoisotopic (exact) mass is 279 g/mol. The molecule has 0 amide bonds. The maximum atomic E-state index is 9.45. The van der Waals surface area contributed by atoms with Crippen molar-refractivity contribution in [1.82, 2.24) is 5.32 Å². The van der Waals surface area contributed by atoms with Gasteiger partial charge in [-0.3, -0.25) is 5.32 Å². The van der Waals surface area contributed by atoms with E-state index < -0.39 is 0 Å².